The molecule has 1 N–H and O–H groups in total. The van der Waals surface area contributed by atoms with Crippen molar-refractivity contribution in [2.75, 3.05) is 0 Å². The minimum Gasteiger partial charge on any atom is -0.481 e. The minimum absolute atomic E-state index is 0.0235. The van der Waals surface area contributed by atoms with Gasteiger partial charge in [0, 0.05) is 11.3 Å². The maximum Gasteiger partial charge on any atom is 0.307 e. The second-order valence-electron chi connectivity index (χ2n) is 4.72. The van der Waals surface area contributed by atoms with Crippen molar-refractivity contribution in [2.24, 2.45) is 0 Å². The van der Waals surface area contributed by atoms with Gasteiger partial charge >= 0.3 is 5.97 Å². The summed E-state index contributed by atoms with van der Waals surface area (Å²) in [6.07, 6.45) is 1.34. The molecule has 0 spiro atoms. The van der Waals surface area contributed by atoms with E-state index < -0.39 is 5.97 Å². The zero-order valence-electron chi connectivity index (χ0n) is 12.1. The number of nitriles is 1. The quantitative estimate of drug-likeness (QED) is 0.914. The number of aromatic nitrogens is 2. The minimum atomic E-state index is -0.857. The van der Waals surface area contributed by atoms with Crippen LogP contribution in [-0.4, -0.2) is 20.9 Å². The van der Waals surface area contributed by atoms with Gasteiger partial charge in [-0.3, -0.25) is 4.79 Å². The second-order valence-corrected chi connectivity index (χ2v) is 4.72. The molecule has 0 atom stereocenters. The average Bonchev–Trinajstić information content (AvgIpc) is 2.84. The number of carboxylic acids is 1. The van der Waals surface area contributed by atoms with E-state index in [1.54, 1.807) is 22.9 Å². The lowest BCUT2D eigenvalue weighted by molar-refractivity contribution is -0.136. The van der Waals surface area contributed by atoms with Crippen molar-refractivity contribution >= 4 is 5.97 Å². The highest BCUT2D eigenvalue weighted by Gasteiger charge is 2.18. The average molecular weight is 283 g/mol. The molecular formula is C16H17N3O2. The van der Waals surface area contributed by atoms with Gasteiger partial charge in [0.15, 0.2) is 0 Å². The molecule has 0 saturated heterocycles. The number of carboxylic acid groups (broad SMARTS) is 1. The highest BCUT2D eigenvalue weighted by molar-refractivity contribution is 5.71. The van der Waals surface area contributed by atoms with Crippen LogP contribution in [0, 0.1) is 11.3 Å². The Labute approximate surface area is 123 Å². The van der Waals surface area contributed by atoms with Gasteiger partial charge < -0.3 is 5.11 Å². The van der Waals surface area contributed by atoms with Gasteiger partial charge in [-0.15, -0.1) is 0 Å². The molecule has 0 aliphatic carbocycles. The summed E-state index contributed by atoms with van der Waals surface area (Å²) in [4.78, 5) is 11.1. The lowest BCUT2D eigenvalue weighted by Gasteiger charge is -2.07. The third kappa shape index (κ3) is 2.95. The number of aryl methyl sites for hydroxylation is 1. The molecule has 0 saturated carbocycles. The number of rotatable bonds is 5. The Morgan fingerprint density at radius 2 is 2.14 bits per heavy atom. The largest absolute Gasteiger partial charge is 0.481 e. The van der Waals surface area contributed by atoms with Crippen LogP contribution in [0.5, 0.6) is 0 Å². The van der Waals surface area contributed by atoms with E-state index in [1.165, 1.54) is 0 Å². The van der Waals surface area contributed by atoms with Gasteiger partial charge in [0.2, 0.25) is 0 Å². The van der Waals surface area contributed by atoms with Crippen LogP contribution in [0.15, 0.2) is 24.3 Å². The lowest BCUT2D eigenvalue weighted by atomic mass is 10.1. The number of hydrogen-bond acceptors (Lipinski definition) is 3. The summed E-state index contributed by atoms with van der Waals surface area (Å²) in [5.74, 6) is -0.857. The third-order valence-corrected chi connectivity index (χ3v) is 3.39. The summed E-state index contributed by atoms with van der Waals surface area (Å²) < 4.78 is 1.76. The van der Waals surface area contributed by atoms with E-state index in [4.69, 9.17) is 10.4 Å². The van der Waals surface area contributed by atoms with E-state index in [9.17, 15) is 4.79 Å². The molecule has 5 heteroatoms. The molecule has 0 aliphatic heterocycles. The Bertz CT molecular complexity index is 711. The van der Waals surface area contributed by atoms with E-state index >= 15 is 0 Å². The molecular weight excluding hydrogens is 266 g/mol. The van der Waals surface area contributed by atoms with Crippen LogP contribution in [0.1, 0.15) is 36.4 Å². The summed E-state index contributed by atoms with van der Waals surface area (Å²) in [6.45, 7) is 3.94. The molecule has 5 nitrogen and oxygen atoms in total. The topological polar surface area (TPSA) is 78.9 Å². The fourth-order valence-electron chi connectivity index (χ4n) is 2.46. The molecule has 0 unspecified atom stereocenters. The molecule has 2 aromatic rings. The molecule has 0 fully saturated rings. The first kappa shape index (κ1) is 14.8. The van der Waals surface area contributed by atoms with E-state index in [1.807, 2.05) is 19.9 Å². The van der Waals surface area contributed by atoms with Gasteiger partial charge in [0.05, 0.1) is 29.4 Å². The van der Waals surface area contributed by atoms with Crippen LogP contribution in [0.3, 0.4) is 0 Å². The molecule has 21 heavy (non-hydrogen) atoms. The SMILES string of the molecule is CCc1nn(-c2cccc(C#N)c2)c(CC)c1CC(=O)O. The van der Waals surface area contributed by atoms with Crippen LogP contribution in [0.25, 0.3) is 5.69 Å². The van der Waals surface area contributed by atoms with Crippen LogP contribution < -0.4 is 0 Å². The van der Waals surface area contributed by atoms with Crippen molar-refractivity contribution < 1.29 is 9.90 Å². The van der Waals surface area contributed by atoms with Gasteiger partial charge in [0.1, 0.15) is 0 Å². The fraction of sp³-hybridized carbons (Fsp3) is 0.312. The van der Waals surface area contributed by atoms with Crippen LogP contribution in [-0.2, 0) is 24.1 Å². The molecule has 0 bridgehead atoms. The van der Waals surface area contributed by atoms with Crippen LogP contribution in [0.2, 0.25) is 0 Å². The van der Waals surface area contributed by atoms with Gasteiger partial charge in [0.25, 0.3) is 0 Å². The number of benzene rings is 1. The number of carbonyl (C=O) groups is 1. The standard InChI is InChI=1S/C16H17N3O2/c1-3-14-13(9-16(20)21)15(4-2)19(18-14)12-7-5-6-11(8-12)10-17/h5-8H,3-4,9H2,1-2H3,(H,20,21). The Hall–Kier alpha value is -2.61. The summed E-state index contributed by atoms with van der Waals surface area (Å²) in [5, 5.41) is 22.6. The van der Waals surface area contributed by atoms with E-state index in [0.29, 0.717) is 18.4 Å². The van der Waals surface area contributed by atoms with Crippen molar-refractivity contribution in [1.29, 1.82) is 5.26 Å². The van der Waals surface area contributed by atoms with Crippen molar-refractivity contribution in [3.8, 4) is 11.8 Å². The van der Waals surface area contributed by atoms with Crippen LogP contribution in [0.4, 0.5) is 0 Å². The second kappa shape index (κ2) is 6.23. The van der Waals surface area contributed by atoms with Gasteiger partial charge in [-0.1, -0.05) is 19.9 Å². The van der Waals surface area contributed by atoms with E-state index in [0.717, 1.165) is 22.6 Å². The fourth-order valence-corrected chi connectivity index (χ4v) is 2.46. The first-order valence-electron chi connectivity index (χ1n) is 6.92. The Kier molecular flexibility index (Phi) is 4.39. The maximum absolute atomic E-state index is 11.1. The maximum atomic E-state index is 11.1. The Morgan fingerprint density at radius 3 is 2.71 bits per heavy atom. The molecule has 1 aromatic heterocycles. The van der Waals surface area contributed by atoms with E-state index in [-0.39, 0.29) is 6.42 Å². The zero-order chi connectivity index (χ0) is 15.4. The predicted molar refractivity (Wildman–Crippen MR) is 78.4 cm³/mol. The zero-order valence-corrected chi connectivity index (χ0v) is 12.1. The normalized spacial score (nSPS) is 10.3. The van der Waals surface area contributed by atoms with Crippen molar-refractivity contribution in [3.05, 3.63) is 46.8 Å². The molecule has 0 amide bonds. The first-order valence-corrected chi connectivity index (χ1v) is 6.92. The smallest absolute Gasteiger partial charge is 0.307 e. The van der Waals surface area contributed by atoms with Crippen LogP contribution >= 0.6 is 0 Å². The Balaban J connectivity index is 2.60. The Morgan fingerprint density at radius 1 is 1.38 bits per heavy atom. The van der Waals surface area contributed by atoms with Gasteiger partial charge in [-0.05, 0) is 31.0 Å². The molecule has 2 rings (SSSR count). The van der Waals surface area contributed by atoms with Gasteiger partial charge in [-0.2, -0.15) is 10.4 Å². The summed E-state index contributed by atoms with van der Waals surface area (Å²) in [7, 11) is 0. The first-order chi connectivity index (χ1) is 10.1. The van der Waals surface area contributed by atoms with Crippen molar-refractivity contribution in [3.63, 3.8) is 0 Å². The number of aliphatic carboxylic acids is 1. The summed E-state index contributed by atoms with van der Waals surface area (Å²) >= 11 is 0. The molecule has 0 aliphatic rings. The highest BCUT2D eigenvalue weighted by Crippen LogP contribution is 2.21. The summed E-state index contributed by atoms with van der Waals surface area (Å²) in [5.41, 5.74) is 3.83. The van der Waals surface area contributed by atoms with Crippen molar-refractivity contribution in [2.45, 2.75) is 33.1 Å². The monoisotopic (exact) mass is 283 g/mol. The third-order valence-electron chi connectivity index (χ3n) is 3.39. The molecule has 1 heterocycles. The highest BCUT2D eigenvalue weighted by atomic mass is 16.4. The van der Waals surface area contributed by atoms with E-state index in [2.05, 4.69) is 11.2 Å². The number of hydrogen-bond donors (Lipinski definition) is 1. The molecule has 1 aromatic carbocycles. The number of nitrogens with zero attached hydrogens (tertiary/aromatic N) is 3. The van der Waals surface area contributed by atoms with Gasteiger partial charge in [-0.25, -0.2) is 4.68 Å². The molecule has 108 valence electrons. The lowest BCUT2D eigenvalue weighted by Crippen LogP contribution is -2.06. The predicted octanol–water partition coefficient (Wildman–Crippen LogP) is 2.50. The molecule has 0 radical (unpaired) electrons. The van der Waals surface area contributed by atoms with Crippen molar-refractivity contribution in [1.82, 2.24) is 9.78 Å². The summed E-state index contributed by atoms with van der Waals surface area (Å²) in [6, 6.07) is 9.28.